The van der Waals surface area contributed by atoms with Crippen LogP contribution in [0.3, 0.4) is 0 Å². The zero-order chi connectivity index (χ0) is 28.2. The number of anilines is 3. The third-order valence-corrected chi connectivity index (χ3v) is 6.43. The number of rotatable bonds is 11. The first-order valence-corrected chi connectivity index (χ1v) is 12.9. The Morgan fingerprint density at radius 3 is 2.51 bits per heavy atom. The van der Waals surface area contributed by atoms with Gasteiger partial charge in [-0.15, -0.1) is 0 Å². The van der Waals surface area contributed by atoms with E-state index in [1.54, 1.807) is 6.92 Å². The average molecular weight is 562 g/mol. The fourth-order valence-corrected chi connectivity index (χ4v) is 4.21. The average Bonchev–Trinajstić information content (AvgIpc) is 3.32. The quantitative estimate of drug-likeness (QED) is 0.210. The number of alkyl halides is 2. The molecule has 0 saturated heterocycles. The van der Waals surface area contributed by atoms with Crippen LogP contribution in [0.25, 0.3) is 11.3 Å². The summed E-state index contributed by atoms with van der Waals surface area (Å²) < 4.78 is 71.4. The first-order chi connectivity index (χ1) is 18.6. The van der Waals surface area contributed by atoms with Gasteiger partial charge in [-0.05, 0) is 36.2 Å². The standard InChI is InChI=1S/C24H22F3N7O4S/c1-2-17(13-3-6-15(25)7-4-13)38-18-11-14(5-8-16(18)34-39(36,37)24(26)27)21-20(22(28)35)23(33-32-21)31-19-12-29-9-10-30-19/h3-12,17,24,34H,2H2,1H3,(H2,28,35)(H2,30,31,32,33)/t17-/m0/s1. The number of benzene rings is 2. The third-order valence-electron chi connectivity index (χ3n) is 5.46. The van der Waals surface area contributed by atoms with Gasteiger partial charge in [0.05, 0.1) is 17.6 Å². The molecule has 1 amide bonds. The molecule has 4 aromatic rings. The number of ether oxygens (including phenoxy) is 1. The van der Waals surface area contributed by atoms with Crippen LogP contribution >= 0.6 is 0 Å². The van der Waals surface area contributed by atoms with Crippen molar-refractivity contribution in [3.8, 4) is 17.0 Å². The highest BCUT2D eigenvalue weighted by molar-refractivity contribution is 7.93. The summed E-state index contributed by atoms with van der Waals surface area (Å²) in [5, 5.41) is 9.61. The molecule has 0 saturated carbocycles. The van der Waals surface area contributed by atoms with E-state index in [-0.39, 0.29) is 39.9 Å². The van der Waals surface area contributed by atoms with Crippen molar-refractivity contribution in [2.45, 2.75) is 25.2 Å². The van der Waals surface area contributed by atoms with Crippen molar-refractivity contribution in [1.82, 2.24) is 20.2 Å². The molecule has 0 aliphatic rings. The van der Waals surface area contributed by atoms with Crippen LogP contribution in [0.15, 0.2) is 61.1 Å². The summed E-state index contributed by atoms with van der Waals surface area (Å²) in [6.07, 6.45) is 3.93. The Hall–Kier alpha value is -4.66. The van der Waals surface area contributed by atoms with E-state index in [4.69, 9.17) is 10.5 Å². The molecule has 0 spiro atoms. The number of halogens is 3. The lowest BCUT2D eigenvalue weighted by molar-refractivity contribution is 0.100. The van der Waals surface area contributed by atoms with Crippen molar-refractivity contribution in [3.05, 3.63) is 78.0 Å². The number of carbonyl (C=O) groups excluding carboxylic acids is 1. The predicted molar refractivity (Wildman–Crippen MR) is 136 cm³/mol. The maximum atomic E-state index is 13.4. The first kappa shape index (κ1) is 27.4. The minimum Gasteiger partial charge on any atom is -0.484 e. The summed E-state index contributed by atoms with van der Waals surface area (Å²) in [6, 6.07) is 9.33. The van der Waals surface area contributed by atoms with Gasteiger partial charge in [0.15, 0.2) is 5.82 Å². The van der Waals surface area contributed by atoms with Crippen molar-refractivity contribution < 1.29 is 31.1 Å². The van der Waals surface area contributed by atoms with E-state index in [0.717, 1.165) is 0 Å². The fourth-order valence-electron chi connectivity index (χ4n) is 3.64. The number of aromatic amines is 1. The third kappa shape index (κ3) is 6.26. The predicted octanol–water partition coefficient (Wildman–Crippen LogP) is 4.34. The Morgan fingerprint density at radius 1 is 1.15 bits per heavy atom. The van der Waals surface area contributed by atoms with Gasteiger partial charge in [-0.25, -0.2) is 17.8 Å². The van der Waals surface area contributed by atoms with Crippen LogP contribution in [0, 0.1) is 5.82 Å². The summed E-state index contributed by atoms with van der Waals surface area (Å²) >= 11 is 0. The van der Waals surface area contributed by atoms with E-state index in [1.165, 1.54) is 61.1 Å². The first-order valence-electron chi connectivity index (χ1n) is 11.4. The molecule has 0 aliphatic heterocycles. The summed E-state index contributed by atoms with van der Waals surface area (Å²) in [4.78, 5) is 20.3. The van der Waals surface area contributed by atoms with E-state index < -0.39 is 33.6 Å². The van der Waals surface area contributed by atoms with Crippen molar-refractivity contribution in [2.24, 2.45) is 5.73 Å². The monoisotopic (exact) mass is 561 g/mol. The molecule has 5 N–H and O–H groups in total. The zero-order valence-electron chi connectivity index (χ0n) is 20.2. The Balaban J connectivity index is 1.78. The minimum absolute atomic E-state index is 0.0423. The Morgan fingerprint density at radius 2 is 1.90 bits per heavy atom. The van der Waals surface area contributed by atoms with E-state index in [0.29, 0.717) is 12.0 Å². The van der Waals surface area contributed by atoms with Gasteiger partial charge in [0.1, 0.15) is 29.1 Å². The number of sulfonamides is 1. The second-order valence-corrected chi connectivity index (χ2v) is 9.74. The summed E-state index contributed by atoms with van der Waals surface area (Å²) in [6.45, 7) is 1.77. The second-order valence-electron chi connectivity index (χ2n) is 8.09. The van der Waals surface area contributed by atoms with Crippen LogP contribution in [0.5, 0.6) is 5.75 Å². The van der Waals surface area contributed by atoms with Crippen molar-refractivity contribution in [2.75, 3.05) is 10.0 Å². The van der Waals surface area contributed by atoms with Gasteiger partial charge >= 0.3 is 5.76 Å². The maximum Gasteiger partial charge on any atom is 0.355 e. The van der Waals surface area contributed by atoms with Crippen LogP contribution in [0.4, 0.5) is 30.5 Å². The number of H-pyrrole nitrogens is 1. The molecule has 204 valence electrons. The van der Waals surface area contributed by atoms with Gasteiger partial charge < -0.3 is 15.8 Å². The van der Waals surface area contributed by atoms with Crippen LogP contribution < -0.4 is 20.5 Å². The number of nitrogens with two attached hydrogens (primary N) is 1. The number of hydrogen-bond acceptors (Lipinski definition) is 8. The van der Waals surface area contributed by atoms with Crippen LogP contribution in [-0.4, -0.2) is 40.2 Å². The van der Waals surface area contributed by atoms with E-state index >= 15 is 0 Å². The molecule has 0 unspecified atom stereocenters. The normalized spacial score (nSPS) is 12.2. The highest BCUT2D eigenvalue weighted by Crippen LogP contribution is 2.37. The number of carbonyl (C=O) groups is 1. The Bertz CT molecular complexity index is 1570. The SMILES string of the molecule is CC[C@H](Oc1cc(-c2[nH]nc(Nc3cnccn3)c2C(N)=O)ccc1NS(=O)(=O)C(F)F)c1ccc(F)cc1. The molecule has 15 heteroatoms. The van der Waals surface area contributed by atoms with Crippen LogP contribution in [-0.2, 0) is 10.0 Å². The number of nitrogens with one attached hydrogen (secondary N) is 3. The molecule has 11 nitrogen and oxygen atoms in total. The lowest BCUT2D eigenvalue weighted by Crippen LogP contribution is -2.21. The highest BCUT2D eigenvalue weighted by Gasteiger charge is 2.27. The highest BCUT2D eigenvalue weighted by atomic mass is 32.2. The van der Waals surface area contributed by atoms with Crippen LogP contribution in [0.2, 0.25) is 0 Å². The number of aromatic nitrogens is 4. The molecule has 2 aromatic heterocycles. The smallest absolute Gasteiger partial charge is 0.355 e. The molecule has 4 rings (SSSR count). The zero-order valence-corrected chi connectivity index (χ0v) is 21.0. The van der Waals surface area contributed by atoms with Crippen LogP contribution in [0.1, 0.15) is 35.4 Å². The van der Waals surface area contributed by atoms with Gasteiger partial charge in [0.25, 0.3) is 15.9 Å². The van der Waals surface area contributed by atoms with Crippen molar-refractivity contribution in [1.29, 1.82) is 0 Å². The second kappa shape index (κ2) is 11.4. The number of nitrogens with zero attached hydrogens (tertiary/aromatic N) is 3. The van der Waals surface area contributed by atoms with Gasteiger partial charge in [-0.1, -0.05) is 25.1 Å². The van der Waals surface area contributed by atoms with Gasteiger partial charge in [-0.3, -0.25) is 19.6 Å². The topological polar surface area (TPSA) is 165 Å². The maximum absolute atomic E-state index is 13.4. The lowest BCUT2D eigenvalue weighted by Gasteiger charge is -2.21. The van der Waals surface area contributed by atoms with Crippen molar-refractivity contribution >= 4 is 33.3 Å². The molecule has 2 heterocycles. The summed E-state index contributed by atoms with van der Waals surface area (Å²) in [5.41, 5.74) is 6.24. The molecule has 1 atom stereocenters. The molecular weight excluding hydrogens is 539 g/mol. The minimum atomic E-state index is -5.05. The molecule has 0 bridgehead atoms. The molecular formula is C24H22F3N7O4S. The summed E-state index contributed by atoms with van der Waals surface area (Å²) in [5.74, 6) is -4.84. The number of primary amides is 1. The van der Waals surface area contributed by atoms with Crippen molar-refractivity contribution in [3.63, 3.8) is 0 Å². The van der Waals surface area contributed by atoms with E-state index in [2.05, 4.69) is 25.5 Å². The molecule has 0 fully saturated rings. The van der Waals surface area contributed by atoms with E-state index in [9.17, 15) is 26.4 Å². The lowest BCUT2D eigenvalue weighted by atomic mass is 10.0. The molecule has 0 aliphatic carbocycles. The molecule has 39 heavy (non-hydrogen) atoms. The number of hydrogen-bond donors (Lipinski definition) is 4. The fraction of sp³-hybridized carbons (Fsp3) is 0.167. The molecule has 2 aromatic carbocycles. The molecule has 0 radical (unpaired) electrons. The Labute approximate surface area is 220 Å². The Kier molecular flexibility index (Phi) is 7.99. The van der Waals surface area contributed by atoms with Gasteiger partial charge in [0, 0.05) is 18.0 Å². The van der Waals surface area contributed by atoms with Gasteiger partial charge in [-0.2, -0.15) is 13.9 Å². The van der Waals surface area contributed by atoms with E-state index in [1.807, 2.05) is 4.72 Å². The summed E-state index contributed by atoms with van der Waals surface area (Å²) in [7, 11) is -5.05. The number of amides is 1. The van der Waals surface area contributed by atoms with Gasteiger partial charge in [0.2, 0.25) is 0 Å². The largest absolute Gasteiger partial charge is 0.484 e.